The van der Waals surface area contributed by atoms with Gasteiger partial charge in [0.25, 0.3) is 0 Å². The van der Waals surface area contributed by atoms with Crippen molar-refractivity contribution in [2.24, 2.45) is 0 Å². The predicted molar refractivity (Wildman–Crippen MR) is 301 cm³/mol. The molecule has 15 aromatic rings. The number of rotatable bonds is 8. The molecule has 9 heteroatoms. The summed E-state index contributed by atoms with van der Waals surface area (Å²) in [7, 11) is -3.15. The minimum Gasteiger partial charge on any atom is -0.309 e. The monoisotopic (exact) mass is 950 g/mol. The second-order valence-electron chi connectivity index (χ2n) is 18.7. The first-order chi connectivity index (χ1) is 36.2. The zero-order valence-electron chi connectivity index (χ0n) is 39.3. The number of hydrogen-bond donors (Lipinski definition) is 0. The van der Waals surface area contributed by atoms with Crippen LogP contribution in [0.1, 0.15) is 0 Å². The second kappa shape index (κ2) is 16.2. The Labute approximate surface area is 420 Å². The normalized spacial score (nSPS) is 12.1. The smallest absolute Gasteiger partial charge is 0.242 e. The van der Waals surface area contributed by atoms with Gasteiger partial charge in [-0.15, -0.1) is 0 Å². The van der Waals surface area contributed by atoms with E-state index < -0.39 is 8.07 Å². The van der Waals surface area contributed by atoms with E-state index in [0.29, 0.717) is 17.7 Å². The lowest BCUT2D eigenvalue weighted by Gasteiger charge is -2.35. The third kappa shape index (κ3) is 6.13. The molecule has 0 amide bonds. The van der Waals surface area contributed by atoms with Crippen LogP contribution < -0.4 is 20.7 Å². The van der Waals surface area contributed by atoms with Gasteiger partial charge in [0.2, 0.25) is 17.7 Å². The molecule has 73 heavy (non-hydrogen) atoms. The Balaban J connectivity index is 1.01. The molecule has 0 saturated heterocycles. The summed E-state index contributed by atoms with van der Waals surface area (Å²) in [6.07, 6.45) is 0. The van der Waals surface area contributed by atoms with Crippen LogP contribution in [0.25, 0.3) is 100 Å². The fourth-order valence-electron chi connectivity index (χ4n) is 11.7. The van der Waals surface area contributed by atoms with E-state index in [1.165, 1.54) is 42.6 Å². The Morgan fingerprint density at radius 3 is 1.32 bits per heavy atom. The van der Waals surface area contributed by atoms with Gasteiger partial charge in [0.1, 0.15) is 0 Å². The molecular weight excluding hydrogens is 909 g/mol. The molecule has 0 bridgehead atoms. The average Bonchev–Trinajstić information content (AvgIpc) is 4.20. The van der Waals surface area contributed by atoms with Crippen LogP contribution in [-0.2, 0) is 0 Å². The van der Waals surface area contributed by atoms with E-state index in [1.807, 2.05) is 6.07 Å². The molecule has 0 saturated carbocycles. The van der Waals surface area contributed by atoms with Gasteiger partial charge in [-0.1, -0.05) is 194 Å². The first-order valence-corrected chi connectivity index (χ1v) is 26.7. The van der Waals surface area contributed by atoms with Crippen molar-refractivity contribution in [3.8, 4) is 29.0 Å². The lowest BCUT2D eigenvalue weighted by atomic mass is 10.2. The molecule has 5 heterocycles. The first kappa shape index (κ1) is 41.1. The highest BCUT2D eigenvalue weighted by molar-refractivity contribution is 7.20. The summed E-state index contributed by atoms with van der Waals surface area (Å²) in [5.74, 6) is 2.27. The molecule has 0 fully saturated rings. The molecule has 0 N–H and O–H groups in total. The molecule has 8 nitrogen and oxygen atoms in total. The number of hydrogen-bond acceptors (Lipinski definition) is 4. The maximum atomic E-state index is 5.52. The van der Waals surface area contributed by atoms with Crippen molar-refractivity contribution in [3.63, 3.8) is 0 Å². The fourth-order valence-corrected chi connectivity index (χ4v) is 16.5. The van der Waals surface area contributed by atoms with Gasteiger partial charge < -0.3 is 4.57 Å². The van der Waals surface area contributed by atoms with Crippen LogP contribution in [0.2, 0.25) is 0 Å². The minimum atomic E-state index is -3.15. The van der Waals surface area contributed by atoms with Crippen molar-refractivity contribution in [1.82, 2.24) is 38.0 Å². The van der Waals surface area contributed by atoms with E-state index in [4.69, 9.17) is 19.9 Å². The van der Waals surface area contributed by atoms with E-state index in [9.17, 15) is 0 Å². The van der Waals surface area contributed by atoms with Gasteiger partial charge in [-0.3, -0.25) is 8.97 Å². The van der Waals surface area contributed by atoms with Crippen LogP contribution in [0.3, 0.4) is 0 Å². The van der Waals surface area contributed by atoms with Gasteiger partial charge in [-0.25, -0.2) is 9.55 Å². The van der Waals surface area contributed by atoms with Gasteiger partial charge in [0.05, 0.1) is 44.1 Å². The third-order valence-corrected chi connectivity index (χ3v) is 19.5. The van der Waals surface area contributed by atoms with Crippen LogP contribution in [0.15, 0.2) is 255 Å². The second-order valence-corrected chi connectivity index (χ2v) is 22.5. The molecule has 10 aromatic carbocycles. The summed E-state index contributed by atoms with van der Waals surface area (Å²) in [5, 5.41) is 9.73. The van der Waals surface area contributed by atoms with Gasteiger partial charge in [0.15, 0.2) is 13.9 Å². The summed E-state index contributed by atoms with van der Waals surface area (Å²) in [6.45, 7) is 0. The van der Waals surface area contributed by atoms with Gasteiger partial charge in [0, 0.05) is 32.8 Å². The Hall–Kier alpha value is -9.70. The molecule has 0 spiro atoms. The Morgan fingerprint density at radius 2 is 0.726 bits per heavy atom. The van der Waals surface area contributed by atoms with Crippen molar-refractivity contribution in [3.05, 3.63) is 255 Å². The summed E-state index contributed by atoms with van der Waals surface area (Å²) in [6, 6.07) is 91.6. The zero-order valence-corrected chi connectivity index (χ0v) is 40.3. The molecule has 0 atom stereocenters. The Bertz CT molecular complexity index is 4500. The molecule has 15 rings (SSSR count). The van der Waals surface area contributed by atoms with Crippen LogP contribution in [0, 0.1) is 0 Å². The topological polar surface area (TPSA) is 70.8 Å². The number of fused-ring (bicyclic) bond motifs is 11. The number of imidazole rings is 2. The van der Waals surface area contributed by atoms with Gasteiger partial charge >= 0.3 is 0 Å². The largest absolute Gasteiger partial charge is 0.309 e. The Kier molecular flexibility index (Phi) is 9.11. The fraction of sp³-hybridized carbons (Fsp3) is 0. The number of nitrogens with zero attached hydrogens (tertiary/aromatic N) is 8. The van der Waals surface area contributed by atoms with Crippen molar-refractivity contribution in [1.29, 1.82) is 0 Å². The highest BCUT2D eigenvalue weighted by Gasteiger charge is 2.42. The predicted octanol–water partition coefficient (Wildman–Crippen LogP) is 11.9. The van der Waals surface area contributed by atoms with E-state index in [1.54, 1.807) is 0 Å². The molecule has 0 unspecified atom stereocenters. The minimum absolute atomic E-state index is 0.474. The highest BCUT2D eigenvalue weighted by Crippen LogP contribution is 2.35. The maximum Gasteiger partial charge on any atom is 0.242 e. The SMILES string of the molecule is c1ccc([Si](c2ccccc2)(c2cccc(-c3nc(-n4c5ccccc5c5ccccc54)nc(-n4c5ccccc5n5c6ccccc6nc45)n3)c2)c2cccc(-n3c4ccccc4c4ccccc43)c2)cc1. The maximum absolute atomic E-state index is 5.52. The molecule has 0 aliphatic rings. The lowest BCUT2D eigenvalue weighted by molar-refractivity contribution is 0.885. The van der Waals surface area contributed by atoms with Crippen LogP contribution in [0.5, 0.6) is 0 Å². The summed E-state index contributed by atoms with van der Waals surface area (Å²) in [4.78, 5) is 21.8. The van der Waals surface area contributed by atoms with Crippen molar-refractivity contribution in [2.45, 2.75) is 0 Å². The van der Waals surface area contributed by atoms with Crippen molar-refractivity contribution < 1.29 is 0 Å². The molecule has 5 aromatic heterocycles. The van der Waals surface area contributed by atoms with Crippen LogP contribution >= 0.6 is 0 Å². The molecule has 0 radical (unpaired) electrons. The number of benzene rings is 10. The van der Waals surface area contributed by atoms with Crippen molar-refractivity contribution in [2.75, 3.05) is 0 Å². The van der Waals surface area contributed by atoms with E-state index in [-0.39, 0.29) is 0 Å². The zero-order chi connectivity index (χ0) is 48.0. The molecular formula is C64H42N8Si. The first-order valence-electron chi connectivity index (χ1n) is 24.7. The van der Waals surface area contributed by atoms with E-state index in [2.05, 4.69) is 267 Å². The van der Waals surface area contributed by atoms with Crippen LogP contribution in [0.4, 0.5) is 0 Å². The lowest BCUT2D eigenvalue weighted by Crippen LogP contribution is -2.74. The molecule has 0 aliphatic carbocycles. The number of para-hydroxylation sites is 8. The standard InChI is InChI=1S/C64H42N8Si/c1-3-23-45(24-4-1)73(46-25-5-2-6-26-46,48-28-20-22-44(42-48)69-54-34-12-7-29-49(54)50-30-8-13-35-55(50)69)47-27-19-21-43(41-47)61-66-62(70-56-36-14-9-31-51(56)52-32-10-15-37-57(52)70)68-63(67-61)72-60-40-18-17-39-59(60)71-58-38-16-11-33-53(58)65-64(71)72/h1-42H. The highest BCUT2D eigenvalue weighted by atomic mass is 28.3. The summed E-state index contributed by atoms with van der Waals surface area (Å²) in [5.41, 5.74) is 10.2. The van der Waals surface area contributed by atoms with Gasteiger partial charge in [-0.2, -0.15) is 15.0 Å². The summed E-state index contributed by atoms with van der Waals surface area (Å²) >= 11 is 0. The van der Waals surface area contributed by atoms with Crippen molar-refractivity contribution >= 4 is 100 Å². The number of aromatic nitrogens is 8. The van der Waals surface area contributed by atoms with Gasteiger partial charge in [-0.05, 0) is 81.4 Å². The average molecular weight is 951 g/mol. The summed E-state index contributed by atoms with van der Waals surface area (Å²) < 4.78 is 8.91. The van der Waals surface area contributed by atoms with E-state index in [0.717, 1.165) is 60.9 Å². The molecule has 342 valence electrons. The Morgan fingerprint density at radius 1 is 0.288 bits per heavy atom. The van der Waals surface area contributed by atoms with Crippen LogP contribution in [-0.4, -0.2) is 46.1 Å². The quantitative estimate of drug-likeness (QED) is 0.112. The third-order valence-electron chi connectivity index (χ3n) is 14.8. The van der Waals surface area contributed by atoms with E-state index >= 15 is 0 Å². The molecule has 0 aliphatic heterocycles.